The summed E-state index contributed by atoms with van der Waals surface area (Å²) in [6.45, 7) is 0. The Morgan fingerprint density at radius 2 is 0.661 bits per heavy atom. The molecule has 0 saturated heterocycles. The number of carbonyl (C=O) groups is 2. The van der Waals surface area contributed by atoms with Crippen LogP contribution >= 0.6 is 0 Å². The molecular weight excluding hydrogens is 681 g/mol. The van der Waals surface area contributed by atoms with Gasteiger partial charge in [0.2, 0.25) is 0 Å². The standard InChI is InChI=1S/C54H40O2/c55-49(33-31-37-19-13-17-35-15-1-3-21-39(35)37)53-45-27-9-5-23-41(45)52(42-24-6-10-28-46(42)53)54(50(56)34-32-38-20-14-18-36-16-2-4-22-40(36)38)47-29-11-7-25-43(47)51(53)44-26-8-12-30-48(44)54/h1-30,51-52H,31-34H2. The lowest BCUT2D eigenvalue weighted by molar-refractivity contribution is -0.124. The summed E-state index contributed by atoms with van der Waals surface area (Å²) in [6.07, 6.45) is 2.05. The van der Waals surface area contributed by atoms with Crippen LogP contribution in [-0.2, 0) is 33.3 Å². The molecule has 0 heterocycles. The van der Waals surface area contributed by atoms with E-state index in [0.717, 1.165) is 44.5 Å². The molecule has 56 heavy (non-hydrogen) atoms. The minimum atomic E-state index is -1.00. The molecule has 8 aromatic carbocycles. The van der Waals surface area contributed by atoms with Crippen LogP contribution in [0.2, 0.25) is 0 Å². The van der Waals surface area contributed by atoms with Crippen LogP contribution < -0.4 is 0 Å². The van der Waals surface area contributed by atoms with Gasteiger partial charge in [-0.05, 0) is 90.0 Å². The Morgan fingerprint density at radius 1 is 0.357 bits per heavy atom. The number of benzene rings is 8. The topological polar surface area (TPSA) is 34.1 Å². The van der Waals surface area contributed by atoms with Gasteiger partial charge in [0, 0.05) is 24.7 Å². The van der Waals surface area contributed by atoms with Gasteiger partial charge >= 0.3 is 0 Å². The fraction of sp³-hybridized carbons (Fsp3) is 0.148. The number of aryl methyl sites for hydroxylation is 2. The number of ketones is 2. The highest BCUT2D eigenvalue weighted by molar-refractivity contribution is 6.05. The molecule has 4 bridgehead atoms. The molecule has 6 aliphatic carbocycles. The summed E-state index contributed by atoms with van der Waals surface area (Å²) in [5, 5.41) is 4.77. The average molecular weight is 721 g/mol. The summed E-state index contributed by atoms with van der Waals surface area (Å²) >= 11 is 0. The van der Waals surface area contributed by atoms with Gasteiger partial charge < -0.3 is 0 Å². The second kappa shape index (κ2) is 12.6. The van der Waals surface area contributed by atoms with Gasteiger partial charge in [0.05, 0.1) is 10.8 Å². The Kier molecular flexibility index (Phi) is 7.41. The van der Waals surface area contributed by atoms with Crippen molar-refractivity contribution in [2.75, 3.05) is 0 Å². The Labute approximate surface area is 327 Å². The average Bonchev–Trinajstić information content (AvgIpc) is 3.25. The highest BCUT2D eigenvalue weighted by Gasteiger charge is 2.66. The van der Waals surface area contributed by atoms with Crippen LogP contribution in [0.5, 0.6) is 0 Å². The molecule has 0 fully saturated rings. The number of hydrogen-bond donors (Lipinski definition) is 0. The van der Waals surface area contributed by atoms with E-state index in [0.29, 0.717) is 25.7 Å². The summed E-state index contributed by atoms with van der Waals surface area (Å²) in [5.74, 6) is -0.208. The fourth-order valence-electron chi connectivity index (χ4n) is 11.4. The van der Waals surface area contributed by atoms with Crippen molar-refractivity contribution in [1.29, 1.82) is 0 Å². The number of fused-ring (bicyclic) bond motifs is 2. The molecule has 0 amide bonds. The third-order valence-corrected chi connectivity index (χ3v) is 13.5. The Morgan fingerprint density at radius 3 is 1.04 bits per heavy atom. The smallest absolute Gasteiger partial charge is 0.149 e. The highest BCUT2D eigenvalue weighted by Crippen LogP contribution is 2.69. The van der Waals surface area contributed by atoms with Gasteiger partial charge in [0.15, 0.2) is 0 Å². The first-order valence-electron chi connectivity index (χ1n) is 20.0. The maximum absolute atomic E-state index is 16.0. The van der Waals surface area contributed by atoms with Crippen molar-refractivity contribution in [2.24, 2.45) is 0 Å². The Bertz CT molecular complexity index is 2590. The molecule has 6 aliphatic rings. The SMILES string of the molecule is O=C(CCc1cccc2ccccc12)C12c3ccccc3C(c3ccccc31)C1(C(=O)CCc3cccc4ccccc34)c3ccccc3C2c2ccccc21. The lowest BCUT2D eigenvalue weighted by Gasteiger charge is -2.59. The van der Waals surface area contributed by atoms with Crippen LogP contribution in [0.3, 0.4) is 0 Å². The molecule has 14 rings (SSSR count). The van der Waals surface area contributed by atoms with Crippen molar-refractivity contribution in [3.63, 3.8) is 0 Å². The van der Waals surface area contributed by atoms with E-state index in [4.69, 9.17) is 0 Å². The Balaban J connectivity index is 1.15. The second-order valence-electron chi connectivity index (χ2n) is 16.0. The first-order valence-corrected chi connectivity index (χ1v) is 20.0. The quantitative estimate of drug-likeness (QED) is 0.157. The first kappa shape index (κ1) is 33.0. The van der Waals surface area contributed by atoms with E-state index in [1.165, 1.54) is 32.7 Å². The van der Waals surface area contributed by atoms with Crippen LogP contribution in [0.15, 0.2) is 182 Å². The van der Waals surface area contributed by atoms with E-state index in [1.807, 2.05) is 0 Å². The summed E-state index contributed by atoms with van der Waals surface area (Å²) < 4.78 is 0. The van der Waals surface area contributed by atoms with Gasteiger partial charge in [-0.25, -0.2) is 0 Å². The molecule has 268 valence electrons. The lowest BCUT2D eigenvalue weighted by Crippen LogP contribution is -2.58. The molecule has 2 heteroatoms. The van der Waals surface area contributed by atoms with Gasteiger partial charge in [-0.3, -0.25) is 9.59 Å². The number of hydrogen-bond acceptors (Lipinski definition) is 2. The largest absolute Gasteiger partial charge is 0.298 e. The van der Waals surface area contributed by atoms with E-state index < -0.39 is 10.8 Å². The summed E-state index contributed by atoms with van der Waals surface area (Å²) in [7, 11) is 0. The van der Waals surface area contributed by atoms with Crippen molar-refractivity contribution in [3.05, 3.63) is 238 Å². The fourth-order valence-corrected chi connectivity index (χ4v) is 11.4. The zero-order valence-electron chi connectivity index (χ0n) is 31.1. The normalized spacial score (nSPS) is 21.1. The van der Waals surface area contributed by atoms with Gasteiger partial charge in [-0.1, -0.05) is 182 Å². The maximum atomic E-state index is 16.0. The Hall–Kier alpha value is -6.38. The minimum absolute atomic E-state index is 0.218. The minimum Gasteiger partial charge on any atom is -0.298 e. The van der Waals surface area contributed by atoms with Crippen LogP contribution in [0.1, 0.15) is 80.3 Å². The first-order chi connectivity index (χ1) is 27.6. The van der Waals surface area contributed by atoms with E-state index in [2.05, 4.69) is 182 Å². The molecule has 0 unspecified atom stereocenters. The van der Waals surface area contributed by atoms with E-state index in [9.17, 15) is 0 Å². The van der Waals surface area contributed by atoms with E-state index >= 15 is 9.59 Å². The van der Waals surface area contributed by atoms with Gasteiger partial charge in [-0.2, -0.15) is 0 Å². The predicted molar refractivity (Wildman–Crippen MR) is 226 cm³/mol. The number of rotatable bonds is 8. The molecule has 0 atom stereocenters. The lowest BCUT2D eigenvalue weighted by atomic mass is 9.41. The zero-order valence-corrected chi connectivity index (χ0v) is 31.1. The molecule has 0 radical (unpaired) electrons. The van der Waals surface area contributed by atoms with E-state index in [1.54, 1.807) is 0 Å². The third-order valence-electron chi connectivity index (χ3n) is 13.5. The molecule has 8 aromatic rings. The van der Waals surface area contributed by atoms with Crippen molar-refractivity contribution in [3.8, 4) is 0 Å². The van der Waals surface area contributed by atoms with Crippen LogP contribution in [0, 0.1) is 0 Å². The summed E-state index contributed by atoms with van der Waals surface area (Å²) in [5.41, 5.74) is 8.95. The molecule has 2 nitrogen and oxygen atoms in total. The van der Waals surface area contributed by atoms with Crippen LogP contribution in [-0.4, -0.2) is 11.6 Å². The van der Waals surface area contributed by atoms with Crippen molar-refractivity contribution in [1.82, 2.24) is 0 Å². The number of carbonyl (C=O) groups excluding carboxylic acids is 2. The third kappa shape index (κ3) is 4.39. The van der Waals surface area contributed by atoms with Crippen molar-refractivity contribution in [2.45, 2.75) is 48.3 Å². The van der Waals surface area contributed by atoms with E-state index in [-0.39, 0.29) is 23.4 Å². The zero-order chi connectivity index (χ0) is 37.4. The van der Waals surface area contributed by atoms with Crippen LogP contribution in [0.4, 0.5) is 0 Å². The summed E-state index contributed by atoms with van der Waals surface area (Å²) in [6, 6.07) is 64.3. The maximum Gasteiger partial charge on any atom is 0.149 e. The summed E-state index contributed by atoms with van der Waals surface area (Å²) in [4.78, 5) is 32.0. The predicted octanol–water partition coefficient (Wildman–Crippen LogP) is 11.6. The van der Waals surface area contributed by atoms with Gasteiger partial charge in [-0.15, -0.1) is 0 Å². The number of Topliss-reactive ketones (excluding diaryl/α,β-unsaturated/α-hetero) is 2. The van der Waals surface area contributed by atoms with Gasteiger partial charge in [0.1, 0.15) is 11.6 Å². The monoisotopic (exact) mass is 720 g/mol. The van der Waals surface area contributed by atoms with Gasteiger partial charge in [0.25, 0.3) is 0 Å². The van der Waals surface area contributed by atoms with Crippen LogP contribution in [0.25, 0.3) is 21.5 Å². The molecule has 0 N–H and O–H groups in total. The molecule has 0 spiro atoms. The highest BCUT2D eigenvalue weighted by atomic mass is 16.1. The molecule has 0 aliphatic heterocycles. The second-order valence-corrected chi connectivity index (χ2v) is 16.0. The molecular formula is C54H40O2. The molecule has 0 saturated carbocycles. The van der Waals surface area contributed by atoms with Crippen molar-refractivity contribution < 1.29 is 9.59 Å². The molecule has 0 aromatic heterocycles. The van der Waals surface area contributed by atoms with Crippen molar-refractivity contribution >= 4 is 33.1 Å².